The van der Waals surface area contributed by atoms with Gasteiger partial charge in [0.2, 0.25) is 0 Å². The summed E-state index contributed by atoms with van der Waals surface area (Å²) < 4.78 is 0. The summed E-state index contributed by atoms with van der Waals surface area (Å²) in [6, 6.07) is 0. The molecular formula is C13H25ClCrO2. The van der Waals surface area contributed by atoms with Crippen molar-refractivity contribution in [2.24, 2.45) is 17.3 Å². The van der Waals surface area contributed by atoms with Gasteiger partial charge in [0, 0.05) is 11.3 Å². The summed E-state index contributed by atoms with van der Waals surface area (Å²) in [4.78, 5) is 10.4. The van der Waals surface area contributed by atoms with Crippen LogP contribution in [-0.4, -0.2) is 16.5 Å². The minimum Gasteiger partial charge on any atom is -0.481 e. The van der Waals surface area contributed by atoms with Crippen molar-refractivity contribution in [3.05, 3.63) is 13.8 Å². The van der Waals surface area contributed by atoms with E-state index in [4.69, 9.17) is 16.7 Å². The van der Waals surface area contributed by atoms with Gasteiger partial charge in [0.25, 0.3) is 0 Å². The van der Waals surface area contributed by atoms with Crippen molar-refractivity contribution in [1.82, 2.24) is 0 Å². The van der Waals surface area contributed by atoms with Crippen molar-refractivity contribution >= 4 is 17.6 Å². The predicted molar refractivity (Wildman–Crippen MR) is 70.4 cm³/mol. The number of halogens is 1. The second-order valence-electron chi connectivity index (χ2n) is 5.46. The van der Waals surface area contributed by atoms with Crippen molar-refractivity contribution in [3.63, 3.8) is 0 Å². The molecule has 0 amide bonds. The molecule has 0 fully saturated rings. The van der Waals surface area contributed by atoms with Gasteiger partial charge in [0.15, 0.2) is 0 Å². The van der Waals surface area contributed by atoms with Crippen molar-refractivity contribution in [2.75, 3.05) is 0 Å². The van der Waals surface area contributed by atoms with Crippen LogP contribution in [0.15, 0.2) is 0 Å². The van der Waals surface area contributed by atoms with Crippen LogP contribution in [0, 0.1) is 31.1 Å². The molecule has 0 heterocycles. The van der Waals surface area contributed by atoms with Gasteiger partial charge in [-0.3, -0.25) is 4.79 Å². The Morgan fingerprint density at radius 2 is 1.65 bits per heavy atom. The fourth-order valence-corrected chi connectivity index (χ4v) is 1.05. The summed E-state index contributed by atoms with van der Waals surface area (Å²) in [5.41, 5.74) is 0.250. The predicted octanol–water partition coefficient (Wildman–Crippen LogP) is 4.04. The van der Waals surface area contributed by atoms with E-state index in [0.717, 1.165) is 0 Å². The zero-order valence-electron chi connectivity index (χ0n) is 11.5. The van der Waals surface area contributed by atoms with Gasteiger partial charge in [0.1, 0.15) is 0 Å². The van der Waals surface area contributed by atoms with Crippen LogP contribution >= 0.6 is 11.6 Å². The summed E-state index contributed by atoms with van der Waals surface area (Å²) in [5.74, 6) is -1.31. The maximum absolute atomic E-state index is 10.4. The molecule has 1 N–H and O–H groups in total. The zero-order chi connectivity index (χ0) is 13.5. The van der Waals surface area contributed by atoms with Crippen LogP contribution in [0.3, 0.4) is 0 Å². The number of rotatable bonds is 4. The Hall–Kier alpha value is 0.292. The molecule has 0 aromatic rings. The zero-order valence-corrected chi connectivity index (χ0v) is 13.5. The molecule has 0 bridgehead atoms. The van der Waals surface area contributed by atoms with E-state index in [-0.39, 0.29) is 34.1 Å². The minimum absolute atomic E-state index is 0. The summed E-state index contributed by atoms with van der Waals surface area (Å²) in [6.45, 7) is 17.2. The molecule has 0 aliphatic heterocycles. The summed E-state index contributed by atoms with van der Waals surface area (Å²) in [6.07, 6.45) is 0.648. The summed E-state index contributed by atoms with van der Waals surface area (Å²) >= 11 is 5.69. The molecule has 0 radical (unpaired) electrons. The Bertz CT molecular complexity index is 194. The molecule has 0 saturated carbocycles. The van der Waals surface area contributed by atoms with E-state index >= 15 is 0 Å². The van der Waals surface area contributed by atoms with E-state index < -0.39 is 11.9 Å². The van der Waals surface area contributed by atoms with E-state index in [0.29, 0.717) is 6.42 Å². The Kier molecular flexibility index (Phi) is 13.5. The molecule has 17 heavy (non-hydrogen) atoms. The summed E-state index contributed by atoms with van der Waals surface area (Å²) in [7, 11) is 0. The quantitative estimate of drug-likeness (QED) is 0.628. The molecule has 0 rings (SSSR count). The first kappa shape index (κ1) is 22.5. The Morgan fingerprint density at radius 1 is 1.35 bits per heavy atom. The van der Waals surface area contributed by atoms with E-state index in [1.54, 1.807) is 6.92 Å². The third-order valence-electron chi connectivity index (χ3n) is 1.72. The van der Waals surface area contributed by atoms with Crippen molar-refractivity contribution in [1.29, 1.82) is 0 Å². The topological polar surface area (TPSA) is 37.3 Å². The molecular weight excluding hydrogens is 276 g/mol. The average Bonchev–Trinajstić information content (AvgIpc) is 1.97. The second-order valence-corrected chi connectivity index (χ2v) is 6.21. The smallest absolute Gasteiger partial charge is 0.481 e. The third-order valence-corrected chi connectivity index (χ3v) is 1.90. The number of alkyl halides is 1. The Labute approximate surface area is 122 Å². The number of hydrogen-bond donors (Lipinski definition) is 1. The van der Waals surface area contributed by atoms with Gasteiger partial charge in [0.05, 0.1) is 0 Å². The number of carbonyl (C=O) groups is 1. The van der Waals surface area contributed by atoms with Crippen molar-refractivity contribution in [2.45, 2.75) is 46.4 Å². The molecule has 2 nitrogen and oxygen atoms in total. The number of hydrogen-bond acceptors (Lipinski definition) is 1. The van der Waals surface area contributed by atoms with E-state index in [9.17, 15) is 4.79 Å². The molecule has 3 atom stereocenters. The summed E-state index contributed by atoms with van der Waals surface area (Å²) in [5, 5.41) is 8.58. The van der Waals surface area contributed by atoms with Crippen LogP contribution in [-0.2, 0) is 22.2 Å². The van der Waals surface area contributed by atoms with Gasteiger partial charge in [-0.25, -0.2) is 0 Å². The first-order valence-corrected chi connectivity index (χ1v) is 5.94. The first-order valence-electron chi connectivity index (χ1n) is 5.50. The maximum atomic E-state index is 10.4. The standard InChI is InChI=1S/C8H14ClO2.C5H11.Cr/c1-5(4-6(2)9)7(3)8(10)11;1-5(2,3)4;/h5-7H,1,4H2,2-3H3,(H,10,11);1H2,2-4H3;/q2*-1;+2. The fourth-order valence-electron chi connectivity index (χ4n) is 0.823. The van der Waals surface area contributed by atoms with Gasteiger partial charge in [-0.05, 0) is 6.92 Å². The largest absolute Gasteiger partial charge is 2.00 e. The van der Waals surface area contributed by atoms with E-state index in [1.165, 1.54) is 0 Å². The molecule has 0 aromatic heterocycles. The van der Waals surface area contributed by atoms with Crippen LogP contribution in [0.1, 0.15) is 41.0 Å². The SMILES string of the molecule is [CH2-]C(C)(C)C.[CH2-]C(CC(C)Cl)C(C)C(=O)O.[Cr+2]. The van der Waals surface area contributed by atoms with Gasteiger partial charge < -0.3 is 19.0 Å². The van der Waals surface area contributed by atoms with Gasteiger partial charge in [-0.1, -0.05) is 34.1 Å². The number of carboxylic acids is 1. The molecule has 4 heteroatoms. The normalized spacial score (nSPS) is 15.8. The molecule has 0 aliphatic carbocycles. The molecule has 0 saturated heterocycles. The van der Waals surface area contributed by atoms with E-state index in [2.05, 4.69) is 34.6 Å². The van der Waals surface area contributed by atoms with Crippen LogP contribution in [0.4, 0.5) is 0 Å². The molecule has 0 spiro atoms. The van der Waals surface area contributed by atoms with E-state index in [1.807, 2.05) is 6.92 Å². The minimum atomic E-state index is -0.803. The maximum Gasteiger partial charge on any atom is 2.00 e. The van der Waals surface area contributed by atoms with Gasteiger partial charge >= 0.3 is 23.3 Å². The van der Waals surface area contributed by atoms with Crippen LogP contribution < -0.4 is 0 Å². The molecule has 0 aliphatic rings. The van der Waals surface area contributed by atoms with Crippen LogP contribution in [0.25, 0.3) is 0 Å². The van der Waals surface area contributed by atoms with Crippen molar-refractivity contribution < 1.29 is 27.3 Å². The monoisotopic (exact) mass is 300 g/mol. The number of aliphatic carboxylic acids is 1. The molecule has 102 valence electrons. The number of carboxylic acid groups (broad SMARTS) is 1. The van der Waals surface area contributed by atoms with Crippen LogP contribution in [0.5, 0.6) is 0 Å². The molecule has 0 aromatic carbocycles. The second kappa shape index (κ2) is 10.2. The first-order chi connectivity index (χ1) is 6.95. The Balaban J connectivity index is -0.000000280. The van der Waals surface area contributed by atoms with Gasteiger partial charge in [-0.15, -0.1) is 11.6 Å². The Morgan fingerprint density at radius 3 is 1.82 bits per heavy atom. The van der Waals surface area contributed by atoms with Gasteiger partial charge in [-0.2, -0.15) is 11.3 Å². The van der Waals surface area contributed by atoms with Crippen molar-refractivity contribution in [3.8, 4) is 0 Å². The fraction of sp³-hybridized carbons (Fsp3) is 0.769. The average molecular weight is 301 g/mol. The van der Waals surface area contributed by atoms with Crippen LogP contribution in [0.2, 0.25) is 0 Å². The third kappa shape index (κ3) is 22.0. The molecule has 3 unspecified atom stereocenters.